The third kappa shape index (κ3) is 4.61. The van der Waals surface area contributed by atoms with Crippen LogP contribution >= 0.6 is 0 Å². The van der Waals surface area contributed by atoms with E-state index in [1.807, 2.05) is 13.0 Å². The first-order valence-corrected chi connectivity index (χ1v) is 10.3. The zero-order valence-electron chi connectivity index (χ0n) is 17.7. The zero-order chi connectivity index (χ0) is 22.5. The molecule has 2 heterocycles. The van der Waals surface area contributed by atoms with E-state index in [1.165, 1.54) is 11.6 Å². The van der Waals surface area contributed by atoms with Crippen molar-refractivity contribution in [1.29, 1.82) is 5.26 Å². The van der Waals surface area contributed by atoms with Crippen LogP contribution in [0.5, 0.6) is 0 Å². The van der Waals surface area contributed by atoms with Gasteiger partial charge in [0.05, 0.1) is 24.2 Å². The topological polar surface area (TPSA) is 117 Å². The molecule has 9 heteroatoms. The summed E-state index contributed by atoms with van der Waals surface area (Å²) in [7, 11) is 0. The fraction of sp³-hybridized carbons (Fsp3) is 0.304. The molecule has 0 saturated carbocycles. The second-order valence-corrected chi connectivity index (χ2v) is 7.54. The predicted molar refractivity (Wildman–Crippen MR) is 118 cm³/mol. The van der Waals surface area contributed by atoms with Gasteiger partial charge < -0.3 is 14.5 Å². The minimum Gasteiger partial charge on any atom is -0.419 e. The van der Waals surface area contributed by atoms with Crippen molar-refractivity contribution >= 4 is 11.6 Å². The smallest absolute Gasteiger partial charge is 0.282 e. The molecule has 1 fully saturated rings. The highest BCUT2D eigenvalue weighted by Crippen LogP contribution is 2.32. The number of ether oxygens (including phenoxy) is 1. The number of para-hydroxylation sites is 1. The molecule has 0 spiro atoms. The van der Waals surface area contributed by atoms with Crippen LogP contribution in [0, 0.1) is 28.4 Å². The highest BCUT2D eigenvalue weighted by atomic mass is 16.6. The largest absolute Gasteiger partial charge is 0.419 e. The van der Waals surface area contributed by atoms with E-state index in [9.17, 15) is 15.4 Å². The van der Waals surface area contributed by atoms with Gasteiger partial charge >= 0.3 is 0 Å². The van der Waals surface area contributed by atoms with Crippen molar-refractivity contribution in [2.24, 2.45) is 0 Å². The van der Waals surface area contributed by atoms with E-state index in [-0.39, 0.29) is 34.8 Å². The Hall–Kier alpha value is -3.74. The first kappa shape index (κ1) is 21.5. The molecule has 32 heavy (non-hydrogen) atoms. The summed E-state index contributed by atoms with van der Waals surface area (Å²) in [6, 6.07) is 16.6. The van der Waals surface area contributed by atoms with Gasteiger partial charge in [-0.1, -0.05) is 42.0 Å². The molecule has 1 atom stereocenters. The number of nitrogens with zero attached hydrogens (tertiary/aromatic N) is 4. The van der Waals surface area contributed by atoms with Crippen LogP contribution in [-0.2, 0) is 4.74 Å². The maximum Gasteiger partial charge on any atom is 0.282 e. The molecule has 164 valence electrons. The second kappa shape index (κ2) is 9.60. The molecule has 1 aromatic heterocycles. The molecule has 1 aliphatic heterocycles. The van der Waals surface area contributed by atoms with Gasteiger partial charge in [0.1, 0.15) is 11.6 Å². The number of oxazole rings is 1. The fourth-order valence-corrected chi connectivity index (χ4v) is 3.77. The summed E-state index contributed by atoms with van der Waals surface area (Å²) in [5, 5.41) is 24.1. The first-order chi connectivity index (χ1) is 15.6. The lowest BCUT2D eigenvalue weighted by Gasteiger charge is -2.35. The van der Waals surface area contributed by atoms with Crippen LogP contribution in [0.15, 0.2) is 52.9 Å². The summed E-state index contributed by atoms with van der Waals surface area (Å²) in [6.07, 6.45) is 0. The number of nitriles is 1. The molecule has 0 aliphatic carbocycles. The zero-order valence-corrected chi connectivity index (χ0v) is 17.7. The number of nitro groups is 1. The second-order valence-electron chi connectivity index (χ2n) is 7.54. The maximum atomic E-state index is 11.4. The molecule has 0 amide bonds. The van der Waals surface area contributed by atoms with Crippen molar-refractivity contribution in [1.82, 2.24) is 9.88 Å². The van der Waals surface area contributed by atoms with Gasteiger partial charge in [-0.15, -0.1) is 0 Å². The quantitative estimate of drug-likeness (QED) is 0.440. The van der Waals surface area contributed by atoms with E-state index in [1.54, 1.807) is 18.2 Å². The van der Waals surface area contributed by atoms with E-state index >= 15 is 0 Å². The molecule has 1 aliphatic rings. The molecular weight excluding hydrogens is 410 g/mol. The Morgan fingerprint density at radius 1 is 1.22 bits per heavy atom. The van der Waals surface area contributed by atoms with Gasteiger partial charge in [-0.05, 0) is 18.6 Å². The van der Waals surface area contributed by atoms with Crippen LogP contribution in [0.1, 0.15) is 22.9 Å². The summed E-state index contributed by atoms with van der Waals surface area (Å²) >= 11 is 0. The van der Waals surface area contributed by atoms with Crippen LogP contribution in [0.2, 0.25) is 0 Å². The maximum absolute atomic E-state index is 11.4. The van der Waals surface area contributed by atoms with Gasteiger partial charge in [-0.3, -0.25) is 15.0 Å². The van der Waals surface area contributed by atoms with E-state index in [0.29, 0.717) is 19.8 Å². The summed E-state index contributed by atoms with van der Waals surface area (Å²) in [5.74, 6) is 0.237. The molecule has 2 aromatic carbocycles. The number of anilines is 1. The summed E-state index contributed by atoms with van der Waals surface area (Å²) in [5.41, 5.74) is 2.48. The molecule has 1 N–H and O–H groups in total. The number of benzene rings is 2. The molecule has 9 nitrogen and oxygen atoms in total. The number of aryl methyl sites for hydroxylation is 1. The van der Waals surface area contributed by atoms with Gasteiger partial charge in [-0.25, -0.2) is 0 Å². The van der Waals surface area contributed by atoms with Gasteiger partial charge in [0.2, 0.25) is 17.5 Å². The van der Waals surface area contributed by atoms with Crippen molar-refractivity contribution in [3.05, 3.63) is 75.5 Å². The monoisotopic (exact) mass is 433 g/mol. The van der Waals surface area contributed by atoms with Crippen LogP contribution in [0.4, 0.5) is 11.6 Å². The SMILES string of the molecule is Cc1ccc(C(CNc2oc(-c3ccccc3[N+](=O)[O-])nc2C#N)N2CCOCC2)cc1. The first-order valence-electron chi connectivity index (χ1n) is 10.3. The lowest BCUT2D eigenvalue weighted by Crippen LogP contribution is -2.41. The van der Waals surface area contributed by atoms with Crippen molar-refractivity contribution in [2.75, 3.05) is 38.2 Å². The number of morpholine rings is 1. The molecule has 4 rings (SSSR count). The minimum absolute atomic E-state index is 0.0330. The van der Waals surface area contributed by atoms with Crippen molar-refractivity contribution in [2.45, 2.75) is 13.0 Å². The van der Waals surface area contributed by atoms with Crippen LogP contribution in [0.3, 0.4) is 0 Å². The van der Waals surface area contributed by atoms with Crippen LogP contribution in [0.25, 0.3) is 11.5 Å². The highest BCUT2D eigenvalue weighted by Gasteiger charge is 2.25. The fourth-order valence-electron chi connectivity index (χ4n) is 3.77. The normalized spacial score (nSPS) is 15.1. The van der Waals surface area contributed by atoms with Gasteiger partial charge in [-0.2, -0.15) is 10.2 Å². The Balaban J connectivity index is 1.60. The van der Waals surface area contributed by atoms with Gasteiger partial charge in [0, 0.05) is 25.7 Å². The minimum atomic E-state index is -0.496. The third-order valence-electron chi connectivity index (χ3n) is 5.47. The summed E-state index contributed by atoms with van der Waals surface area (Å²) in [6.45, 7) is 5.44. The Bertz CT molecular complexity index is 1130. The number of nitrogens with one attached hydrogen (secondary N) is 1. The number of nitro benzene ring substituents is 1. The third-order valence-corrected chi connectivity index (χ3v) is 5.47. The number of hydrogen-bond donors (Lipinski definition) is 1. The van der Waals surface area contributed by atoms with Crippen molar-refractivity contribution in [3.63, 3.8) is 0 Å². The number of hydrogen-bond acceptors (Lipinski definition) is 8. The molecule has 1 unspecified atom stereocenters. The molecular formula is C23H23N5O4. The lowest BCUT2D eigenvalue weighted by molar-refractivity contribution is -0.384. The standard InChI is InChI=1S/C23H23N5O4/c1-16-6-8-17(9-7-16)21(27-10-12-31-13-11-27)15-25-23-19(14-24)26-22(32-23)18-4-2-3-5-20(18)28(29)30/h2-9,21,25H,10-13,15H2,1H3. The van der Waals surface area contributed by atoms with Crippen molar-refractivity contribution in [3.8, 4) is 17.5 Å². The van der Waals surface area contributed by atoms with Gasteiger partial charge in [0.15, 0.2) is 0 Å². The Morgan fingerprint density at radius 2 is 1.94 bits per heavy atom. The van der Waals surface area contributed by atoms with Gasteiger partial charge in [0.25, 0.3) is 5.69 Å². The Labute approximate surface area is 185 Å². The Morgan fingerprint density at radius 3 is 2.62 bits per heavy atom. The van der Waals surface area contributed by atoms with E-state index in [4.69, 9.17) is 9.15 Å². The number of rotatable bonds is 7. The van der Waals surface area contributed by atoms with E-state index in [2.05, 4.69) is 39.5 Å². The van der Waals surface area contributed by atoms with E-state index < -0.39 is 4.92 Å². The molecule has 1 saturated heterocycles. The van der Waals surface area contributed by atoms with Crippen LogP contribution < -0.4 is 5.32 Å². The molecule has 0 radical (unpaired) electrons. The summed E-state index contributed by atoms with van der Waals surface area (Å²) in [4.78, 5) is 17.4. The molecule has 3 aromatic rings. The predicted octanol–water partition coefficient (Wildman–Crippen LogP) is 3.92. The lowest BCUT2D eigenvalue weighted by atomic mass is 10.0. The average molecular weight is 433 g/mol. The van der Waals surface area contributed by atoms with Crippen molar-refractivity contribution < 1.29 is 14.1 Å². The highest BCUT2D eigenvalue weighted by molar-refractivity contribution is 5.68. The average Bonchev–Trinajstić information content (AvgIpc) is 3.24. The summed E-state index contributed by atoms with van der Waals surface area (Å²) < 4.78 is 11.3. The molecule has 0 bridgehead atoms. The Kier molecular flexibility index (Phi) is 6.44. The van der Waals surface area contributed by atoms with Crippen LogP contribution in [-0.4, -0.2) is 47.7 Å². The number of aromatic nitrogens is 1. The van der Waals surface area contributed by atoms with E-state index in [0.717, 1.165) is 18.7 Å².